The fraction of sp³-hybridized carbons (Fsp3) is 0.733. The first-order valence-corrected chi connectivity index (χ1v) is 7.53. The van der Waals surface area contributed by atoms with Gasteiger partial charge in [-0.15, -0.1) is 0 Å². The minimum Gasteiger partial charge on any atom is -0.373 e. The number of rotatable bonds is 7. The molecule has 0 aliphatic heterocycles. The molecule has 20 heavy (non-hydrogen) atoms. The van der Waals surface area contributed by atoms with E-state index in [1.54, 1.807) is 0 Å². The van der Waals surface area contributed by atoms with Crippen molar-refractivity contribution < 1.29 is 0 Å². The summed E-state index contributed by atoms with van der Waals surface area (Å²) in [4.78, 5) is 11.5. The fourth-order valence-corrected chi connectivity index (χ4v) is 2.18. The van der Waals surface area contributed by atoms with Gasteiger partial charge in [-0.2, -0.15) is 0 Å². The smallest absolute Gasteiger partial charge is 0.135 e. The van der Waals surface area contributed by atoms with Gasteiger partial charge in [0.25, 0.3) is 0 Å². The SMILES string of the molecule is CNc1cc(NCC(C)N(C)C2CC2)nc(C(C)C)n1. The summed E-state index contributed by atoms with van der Waals surface area (Å²) in [5, 5.41) is 6.54. The summed E-state index contributed by atoms with van der Waals surface area (Å²) in [5.41, 5.74) is 0. The van der Waals surface area contributed by atoms with Gasteiger partial charge >= 0.3 is 0 Å². The van der Waals surface area contributed by atoms with Crippen molar-refractivity contribution in [3.05, 3.63) is 11.9 Å². The van der Waals surface area contributed by atoms with Crippen molar-refractivity contribution in [1.29, 1.82) is 0 Å². The lowest BCUT2D eigenvalue weighted by Gasteiger charge is -2.25. The van der Waals surface area contributed by atoms with Crippen molar-refractivity contribution in [3.8, 4) is 0 Å². The molecule has 0 radical (unpaired) electrons. The van der Waals surface area contributed by atoms with Crippen LogP contribution in [0, 0.1) is 0 Å². The van der Waals surface area contributed by atoms with Crippen molar-refractivity contribution in [2.75, 3.05) is 31.3 Å². The van der Waals surface area contributed by atoms with Crippen molar-refractivity contribution in [2.45, 2.75) is 51.6 Å². The number of nitrogens with one attached hydrogen (secondary N) is 2. The Morgan fingerprint density at radius 2 is 1.90 bits per heavy atom. The summed E-state index contributed by atoms with van der Waals surface area (Å²) in [5.74, 6) is 2.98. The van der Waals surface area contributed by atoms with E-state index in [1.165, 1.54) is 12.8 Å². The number of likely N-dealkylation sites (N-methyl/N-ethyl adjacent to an activating group) is 1. The van der Waals surface area contributed by atoms with Gasteiger partial charge < -0.3 is 10.6 Å². The molecule has 0 spiro atoms. The lowest BCUT2D eigenvalue weighted by Crippen LogP contribution is -2.36. The zero-order valence-corrected chi connectivity index (χ0v) is 13.3. The molecule has 5 nitrogen and oxygen atoms in total. The summed E-state index contributed by atoms with van der Waals surface area (Å²) in [7, 11) is 4.10. The predicted molar refractivity (Wildman–Crippen MR) is 84.4 cm³/mol. The quantitative estimate of drug-likeness (QED) is 0.802. The van der Waals surface area contributed by atoms with Crippen LogP contribution in [-0.4, -0.2) is 47.6 Å². The van der Waals surface area contributed by atoms with Gasteiger partial charge in [0.1, 0.15) is 17.5 Å². The first-order chi connectivity index (χ1) is 9.51. The molecule has 1 aliphatic carbocycles. The molecule has 112 valence electrons. The minimum atomic E-state index is 0.329. The monoisotopic (exact) mass is 277 g/mol. The summed E-state index contributed by atoms with van der Waals surface area (Å²) < 4.78 is 0. The van der Waals surface area contributed by atoms with Crippen molar-refractivity contribution in [3.63, 3.8) is 0 Å². The maximum Gasteiger partial charge on any atom is 0.135 e. The molecule has 2 rings (SSSR count). The van der Waals surface area contributed by atoms with E-state index in [-0.39, 0.29) is 0 Å². The standard InChI is InChI=1S/C15H27N5/c1-10(2)15-18-13(16-4)8-14(19-15)17-9-11(3)20(5)12-6-7-12/h8,10-12H,6-7,9H2,1-5H3,(H2,16,17,18,19). The zero-order valence-electron chi connectivity index (χ0n) is 13.3. The molecule has 1 heterocycles. The van der Waals surface area contributed by atoms with Crippen LogP contribution < -0.4 is 10.6 Å². The van der Waals surface area contributed by atoms with E-state index in [0.29, 0.717) is 12.0 Å². The van der Waals surface area contributed by atoms with Crippen LogP contribution in [0.5, 0.6) is 0 Å². The van der Waals surface area contributed by atoms with Crippen LogP contribution in [0.3, 0.4) is 0 Å². The topological polar surface area (TPSA) is 53.1 Å². The Balaban J connectivity index is 1.98. The molecule has 1 atom stereocenters. The molecule has 1 unspecified atom stereocenters. The van der Waals surface area contributed by atoms with Crippen molar-refractivity contribution >= 4 is 11.6 Å². The Kier molecular flexibility index (Phi) is 4.81. The first kappa shape index (κ1) is 15.0. The van der Waals surface area contributed by atoms with E-state index < -0.39 is 0 Å². The average molecular weight is 277 g/mol. The number of nitrogens with zero attached hydrogens (tertiary/aromatic N) is 3. The first-order valence-electron chi connectivity index (χ1n) is 7.53. The third-order valence-corrected chi connectivity index (χ3v) is 3.91. The second kappa shape index (κ2) is 6.39. The maximum atomic E-state index is 4.59. The van der Waals surface area contributed by atoms with Gasteiger partial charge in [-0.3, -0.25) is 4.90 Å². The van der Waals surface area contributed by atoms with Gasteiger partial charge in [-0.05, 0) is 26.8 Å². The second-order valence-corrected chi connectivity index (χ2v) is 6.03. The molecular formula is C15H27N5. The van der Waals surface area contributed by atoms with Crippen LogP contribution in [-0.2, 0) is 0 Å². The highest BCUT2D eigenvalue weighted by Crippen LogP contribution is 2.27. The highest BCUT2D eigenvalue weighted by molar-refractivity contribution is 5.47. The van der Waals surface area contributed by atoms with Crippen LogP contribution in [0.25, 0.3) is 0 Å². The zero-order chi connectivity index (χ0) is 14.7. The molecule has 0 bridgehead atoms. The van der Waals surface area contributed by atoms with Crippen LogP contribution in [0.1, 0.15) is 45.4 Å². The Bertz CT molecular complexity index is 442. The second-order valence-electron chi connectivity index (χ2n) is 6.03. The number of hydrogen-bond donors (Lipinski definition) is 2. The largest absolute Gasteiger partial charge is 0.373 e. The fourth-order valence-electron chi connectivity index (χ4n) is 2.18. The molecular weight excluding hydrogens is 250 g/mol. The summed E-state index contributed by atoms with van der Waals surface area (Å²) in [6.07, 6.45) is 2.69. The van der Waals surface area contributed by atoms with E-state index in [4.69, 9.17) is 0 Å². The molecule has 0 saturated heterocycles. The lowest BCUT2D eigenvalue weighted by molar-refractivity contribution is 0.257. The maximum absolute atomic E-state index is 4.59. The molecule has 0 aromatic carbocycles. The van der Waals surface area contributed by atoms with E-state index in [2.05, 4.69) is 53.3 Å². The van der Waals surface area contributed by atoms with Gasteiger partial charge in [-0.25, -0.2) is 9.97 Å². The highest BCUT2D eigenvalue weighted by atomic mass is 15.2. The summed E-state index contributed by atoms with van der Waals surface area (Å²) in [6.45, 7) is 7.39. The molecule has 0 amide bonds. The van der Waals surface area contributed by atoms with Crippen LogP contribution >= 0.6 is 0 Å². The summed E-state index contributed by atoms with van der Waals surface area (Å²) >= 11 is 0. The lowest BCUT2D eigenvalue weighted by atomic mass is 10.2. The van der Waals surface area contributed by atoms with Gasteiger partial charge in [0.2, 0.25) is 0 Å². The summed E-state index contributed by atoms with van der Waals surface area (Å²) in [6, 6.07) is 3.27. The van der Waals surface area contributed by atoms with Gasteiger partial charge in [0, 0.05) is 37.7 Å². The molecule has 1 aliphatic rings. The number of anilines is 2. The Morgan fingerprint density at radius 1 is 1.25 bits per heavy atom. The molecule has 1 aromatic rings. The average Bonchev–Trinajstić information content (AvgIpc) is 3.27. The predicted octanol–water partition coefficient (Wildman–Crippen LogP) is 2.54. The van der Waals surface area contributed by atoms with Crippen molar-refractivity contribution in [1.82, 2.24) is 14.9 Å². The van der Waals surface area contributed by atoms with E-state index in [1.807, 2.05) is 13.1 Å². The minimum absolute atomic E-state index is 0.329. The van der Waals surface area contributed by atoms with Crippen molar-refractivity contribution in [2.24, 2.45) is 0 Å². The van der Waals surface area contributed by atoms with E-state index >= 15 is 0 Å². The molecule has 5 heteroatoms. The van der Waals surface area contributed by atoms with E-state index in [0.717, 1.165) is 30.0 Å². The number of hydrogen-bond acceptors (Lipinski definition) is 5. The number of aromatic nitrogens is 2. The normalized spacial score (nSPS) is 16.6. The molecule has 1 fully saturated rings. The molecule has 2 N–H and O–H groups in total. The van der Waals surface area contributed by atoms with Gasteiger partial charge in [0.15, 0.2) is 0 Å². The van der Waals surface area contributed by atoms with Crippen LogP contribution in [0.15, 0.2) is 6.07 Å². The van der Waals surface area contributed by atoms with Crippen LogP contribution in [0.4, 0.5) is 11.6 Å². The Morgan fingerprint density at radius 3 is 2.45 bits per heavy atom. The van der Waals surface area contributed by atoms with Gasteiger partial charge in [-0.1, -0.05) is 13.8 Å². The van der Waals surface area contributed by atoms with Crippen LogP contribution in [0.2, 0.25) is 0 Å². The highest BCUT2D eigenvalue weighted by Gasteiger charge is 2.28. The van der Waals surface area contributed by atoms with E-state index in [9.17, 15) is 0 Å². The third kappa shape index (κ3) is 3.82. The molecule has 1 saturated carbocycles. The Labute approximate surface area is 122 Å². The third-order valence-electron chi connectivity index (χ3n) is 3.91. The molecule has 1 aromatic heterocycles. The Hall–Kier alpha value is -1.36. The van der Waals surface area contributed by atoms with Gasteiger partial charge in [0.05, 0.1) is 0 Å².